The van der Waals surface area contributed by atoms with Crippen molar-refractivity contribution in [3.05, 3.63) is 52.8 Å². The van der Waals surface area contributed by atoms with Gasteiger partial charge in [0.25, 0.3) is 5.91 Å². The molecule has 1 aromatic carbocycles. The number of halogens is 3. The van der Waals surface area contributed by atoms with Crippen LogP contribution in [-0.2, 0) is 6.18 Å². The third kappa shape index (κ3) is 3.76. The van der Waals surface area contributed by atoms with E-state index in [0.29, 0.717) is 18.0 Å². The van der Waals surface area contributed by atoms with Crippen LogP contribution >= 0.6 is 0 Å². The number of benzene rings is 1. The van der Waals surface area contributed by atoms with Crippen molar-refractivity contribution in [2.24, 2.45) is 0 Å². The molecule has 2 heterocycles. The molecule has 1 atom stereocenters. The average Bonchev–Trinajstić information content (AvgIpc) is 3.15. The molecule has 0 radical (unpaired) electrons. The number of hydrogen-bond donors (Lipinski definition) is 0. The molecule has 150 valence electrons. The summed E-state index contributed by atoms with van der Waals surface area (Å²) in [6.45, 7) is 1.92. The topological polar surface area (TPSA) is 51.7 Å². The van der Waals surface area contributed by atoms with E-state index in [9.17, 15) is 18.0 Å². The lowest BCUT2D eigenvalue weighted by Crippen LogP contribution is -2.31. The van der Waals surface area contributed by atoms with Crippen molar-refractivity contribution in [2.75, 3.05) is 20.8 Å². The normalized spacial score (nSPS) is 16.9. The lowest BCUT2D eigenvalue weighted by atomic mass is 10.0. The SMILES string of the molecule is COc1ccc(OC)c(C2CCCN2C(=O)c2ccc(C(F)(F)F)nc2C)c1. The summed E-state index contributed by atoms with van der Waals surface area (Å²) in [5, 5.41) is 0. The summed E-state index contributed by atoms with van der Waals surface area (Å²) in [6.07, 6.45) is -3.04. The van der Waals surface area contributed by atoms with Crippen LogP contribution in [0.25, 0.3) is 0 Å². The van der Waals surface area contributed by atoms with Crippen LogP contribution < -0.4 is 9.47 Å². The van der Waals surface area contributed by atoms with E-state index < -0.39 is 11.9 Å². The van der Waals surface area contributed by atoms with Crippen molar-refractivity contribution in [1.82, 2.24) is 9.88 Å². The number of ether oxygens (including phenoxy) is 2. The predicted molar refractivity (Wildman–Crippen MR) is 96.5 cm³/mol. The highest BCUT2D eigenvalue weighted by atomic mass is 19.4. The fraction of sp³-hybridized carbons (Fsp3) is 0.400. The Bertz CT molecular complexity index is 883. The van der Waals surface area contributed by atoms with Crippen molar-refractivity contribution >= 4 is 5.91 Å². The van der Waals surface area contributed by atoms with Crippen LogP contribution in [-0.4, -0.2) is 36.6 Å². The van der Waals surface area contributed by atoms with Gasteiger partial charge in [0.05, 0.1) is 31.5 Å². The van der Waals surface area contributed by atoms with Gasteiger partial charge in [-0.15, -0.1) is 0 Å². The molecule has 0 aliphatic carbocycles. The number of rotatable bonds is 4. The minimum Gasteiger partial charge on any atom is -0.497 e. The molecule has 1 amide bonds. The van der Waals surface area contributed by atoms with Gasteiger partial charge in [-0.25, -0.2) is 4.98 Å². The summed E-state index contributed by atoms with van der Waals surface area (Å²) < 4.78 is 49.3. The number of carbonyl (C=O) groups is 1. The largest absolute Gasteiger partial charge is 0.497 e. The van der Waals surface area contributed by atoms with E-state index in [2.05, 4.69) is 4.98 Å². The van der Waals surface area contributed by atoms with Crippen LogP contribution in [0.4, 0.5) is 13.2 Å². The van der Waals surface area contributed by atoms with Crippen molar-refractivity contribution in [3.63, 3.8) is 0 Å². The van der Waals surface area contributed by atoms with Crippen molar-refractivity contribution in [1.29, 1.82) is 0 Å². The van der Waals surface area contributed by atoms with Crippen LogP contribution in [0.15, 0.2) is 30.3 Å². The molecule has 1 unspecified atom stereocenters. The fourth-order valence-electron chi connectivity index (χ4n) is 3.53. The number of pyridine rings is 1. The van der Waals surface area contributed by atoms with E-state index in [0.717, 1.165) is 24.5 Å². The first kappa shape index (κ1) is 20.0. The number of aromatic nitrogens is 1. The van der Waals surface area contributed by atoms with Gasteiger partial charge >= 0.3 is 6.18 Å². The highest BCUT2D eigenvalue weighted by Crippen LogP contribution is 2.40. The fourth-order valence-corrected chi connectivity index (χ4v) is 3.53. The molecule has 0 spiro atoms. The van der Waals surface area contributed by atoms with Crippen molar-refractivity contribution in [2.45, 2.75) is 32.0 Å². The maximum Gasteiger partial charge on any atom is 0.433 e. The van der Waals surface area contributed by atoms with Crippen LogP contribution in [0.2, 0.25) is 0 Å². The molecule has 1 aliphatic heterocycles. The molecule has 28 heavy (non-hydrogen) atoms. The van der Waals surface area contributed by atoms with Crippen LogP contribution in [0.5, 0.6) is 11.5 Å². The molecule has 0 saturated carbocycles. The number of carbonyl (C=O) groups excluding carboxylic acids is 1. The number of nitrogens with zero attached hydrogens (tertiary/aromatic N) is 2. The molecule has 0 N–H and O–H groups in total. The minimum atomic E-state index is -4.55. The zero-order chi connectivity index (χ0) is 20.5. The Morgan fingerprint density at radius 2 is 1.93 bits per heavy atom. The van der Waals surface area contributed by atoms with Gasteiger partial charge in [0.2, 0.25) is 0 Å². The Morgan fingerprint density at radius 3 is 2.54 bits per heavy atom. The first-order chi connectivity index (χ1) is 13.3. The molecule has 3 rings (SSSR count). The summed E-state index contributed by atoms with van der Waals surface area (Å²) in [5.41, 5.74) is 0.0315. The van der Waals surface area contributed by atoms with Crippen LogP contribution in [0.3, 0.4) is 0 Å². The average molecular weight is 394 g/mol. The quantitative estimate of drug-likeness (QED) is 0.771. The lowest BCUT2D eigenvalue weighted by molar-refractivity contribution is -0.141. The third-order valence-electron chi connectivity index (χ3n) is 4.92. The smallest absolute Gasteiger partial charge is 0.433 e. The summed E-state index contributed by atoms with van der Waals surface area (Å²) in [6, 6.07) is 7.17. The van der Waals surface area contributed by atoms with Gasteiger partial charge in [-0.05, 0) is 50.1 Å². The molecule has 0 bridgehead atoms. The number of hydrogen-bond acceptors (Lipinski definition) is 4. The molecule has 1 saturated heterocycles. The van der Waals surface area contributed by atoms with Crippen LogP contribution in [0.1, 0.15) is 46.2 Å². The van der Waals surface area contributed by atoms with Gasteiger partial charge in [0.1, 0.15) is 17.2 Å². The van der Waals surface area contributed by atoms with E-state index in [1.54, 1.807) is 31.3 Å². The Labute approximate surface area is 161 Å². The molecule has 1 fully saturated rings. The van der Waals surface area contributed by atoms with E-state index in [-0.39, 0.29) is 23.2 Å². The van der Waals surface area contributed by atoms with E-state index in [1.165, 1.54) is 13.0 Å². The molecular formula is C20H21F3N2O3. The zero-order valence-corrected chi connectivity index (χ0v) is 15.8. The standard InChI is InChI=1S/C20H21F3N2O3/c1-12-14(7-9-18(24-12)20(21,22)23)19(26)25-10-4-5-16(25)15-11-13(27-2)6-8-17(15)28-3/h6-9,11,16H,4-5,10H2,1-3H3. The van der Waals surface area contributed by atoms with Gasteiger partial charge in [0.15, 0.2) is 0 Å². The summed E-state index contributed by atoms with van der Waals surface area (Å²) >= 11 is 0. The molecular weight excluding hydrogens is 373 g/mol. The van der Waals surface area contributed by atoms with E-state index in [4.69, 9.17) is 9.47 Å². The lowest BCUT2D eigenvalue weighted by Gasteiger charge is -2.27. The molecule has 1 aliphatic rings. The number of aryl methyl sites for hydroxylation is 1. The second kappa shape index (κ2) is 7.69. The summed E-state index contributed by atoms with van der Waals surface area (Å²) in [4.78, 5) is 18.3. The van der Waals surface area contributed by atoms with Crippen LogP contribution in [0, 0.1) is 6.92 Å². The first-order valence-electron chi connectivity index (χ1n) is 8.84. The molecule has 5 nitrogen and oxygen atoms in total. The number of likely N-dealkylation sites (tertiary alicyclic amines) is 1. The molecule has 8 heteroatoms. The minimum absolute atomic E-state index is 0.0584. The maximum absolute atomic E-state index is 13.1. The van der Waals surface area contributed by atoms with Gasteiger partial charge in [-0.2, -0.15) is 13.2 Å². The number of amides is 1. The predicted octanol–water partition coefficient (Wildman–Crippen LogP) is 4.40. The van der Waals surface area contributed by atoms with Crippen molar-refractivity contribution in [3.8, 4) is 11.5 Å². The Hall–Kier alpha value is -2.77. The summed E-state index contributed by atoms with van der Waals surface area (Å²) in [7, 11) is 3.11. The summed E-state index contributed by atoms with van der Waals surface area (Å²) in [5.74, 6) is 0.932. The van der Waals surface area contributed by atoms with Gasteiger partial charge in [-0.3, -0.25) is 4.79 Å². The second-order valence-electron chi connectivity index (χ2n) is 6.59. The number of alkyl halides is 3. The first-order valence-corrected chi connectivity index (χ1v) is 8.84. The number of methoxy groups -OCH3 is 2. The Morgan fingerprint density at radius 1 is 1.18 bits per heavy atom. The Kier molecular flexibility index (Phi) is 5.49. The van der Waals surface area contributed by atoms with Crippen molar-refractivity contribution < 1.29 is 27.4 Å². The van der Waals surface area contributed by atoms with Gasteiger partial charge in [0, 0.05) is 12.1 Å². The molecule has 1 aromatic heterocycles. The third-order valence-corrected chi connectivity index (χ3v) is 4.92. The highest BCUT2D eigenvalue weighted by Gasteiger charge is 2.36. The second-order valence-corrected chi connectivity index (χ2v) is 6.59. The highest BCUT2D eigenvalue weighted by molar-refractivity contribution is 5.95. The van der Waals surface area contributed by atoms with Gasteiger partial charge < -0.3 is 14.4 Å². The van der Waals surface area contributed by atoms with Gasteiger partial charge in [-0.1, -0.05) is 0 Å². The molecule has 2 aromatic rings. The maximum atomic E-state index is 13.1. The monoisotopic (exact) mass is 394 g/mol. The Balaban J connectivity index is 1.94. The van der Waals surface area contributed by atoms with E-state index in [1.807, 2.05) is 6.07 Å². The van der Waals surface area contributed by atoms with E-state index >= 15 is 0 Å². The zero-order valence-electron chi connectivity index (χ0n) is 15.8.